The monoisotopic (exact) mass is 457 g/mol. The Morgan fingerprint density at radius 3 is 2.09 bits per heavy atom. The third-order valence-corrected chi connectivity index (χ3v) is 6.26. The number of amides is 1. The lowest BCUT2D eigenvalue weighted by molar-refractivity contribution is 0.0748. The molecule has 1 fully saturated rings. The van der Waals surface area contributed by atoms with Crippen LogP contribution in [0.15, 0.2) is 83.8 Å². The molecule has 1 amide bonds. The number of rotatable bonds is 4. The summed E-state index contributed by atoms with van der Waals surface area (Å²) in [7, 11) is 1.59. The molecule has 0 unspecified atom stereocenters. The van der Waals surface area contributed by atoms with Gasteiger partial charge in [0.05, 0.1) is 12.7 Å². The second kappa shape index (κ2) is 9.02. The van der Waals surface area contributed by atoms with Gasteiger partial charge in [0, 0.05) is 54.5 Å². The van der Waals surface area contributed by atoms with Crippen molar-refractivity contribution in [3.05, 3.63) is 101 Å². The Bertz CT molecular complexity index is 1390. The summed E-state index contributed by atoms with van der Waals surface area (Å²) in [5.41, 5.74) is 1.90. The zero-order chi connectivity index (χ0) is 23.7. The summed E-state index contributed by atoms with van der Waals surface area (Å²) in [6.07, 6.45) is 1.64. The van der Waals surface area contributed by atoms with Gasteiger partial charge in [0.2, 0.25) is 0 Å². The number of nitrogens with zero attached hydrogens (tertiary/aromatic N) is 3. The van der Waals surface area contributed by atoms with E-state index in [2.05, 4.69) is 4.90 Å². The number of hydrogen-bond acceptors (Lipinski definition) is 4. The molecule has 0 saturated carbocycles. The van der Waals surface area contributed by atoms with Crippen molar-refractivity contribution in [2.24, 2.45) is 0 Å². The Labute approximate surface area is 196 Å². The molecule has 2 heterocycles. The Balaban J connectivity index is 1.47. The first-order valence-electron chi connectivity index (χ1n) is 11.1. The molecule has 172 valence electrons. The Kier molecular flexibility index (Phi) is 5.76. The van der Waals surface area contributed by atoms with Gasteiger partial charge in [-0.25, -0.2) is 4.39 Å². The van der Waals surface area contributed by atoms with Gasteiger partial charge in [0.25, 0.3) is 11.5 Å². The maximum absolute atomic E-state index is 13.6. The summed E-state index contributed by atoms with van der Waals surface area (Å²) in [6, 6.07) is 20.8. The van der Waals surface area contributed by atoms with E-state index >= 15 is 0 Å². The first kappa shape index (κ1) is 21.7. The summed E-state index contributed by atoms with van der Waals surface area (Å²) in [6.45, 7) is 2.36. The van der Waals surface area contributed by atoms with E-state index in [1.807, 2.05) is 17.0 Å². The normalized spacial score (nSPS) is 13.8. The average molecular weight is 458 g/mol. The number of ether oxygens (including phenoxy) is 1. The minimum Gasteiger partial charge on any atom is -0.497 e. The number of halogens is 1. The quantitative estimate of drug-likeness (QED) is 0.463. The van der Waals surface area contributed by atoms with E-state index in [4.69, 9.17) is 4.74 Å². The first-order valence-corrected chi connectivity index (χ1v) is 11.1. The first-order chi connectivity index (χ1) is 16.5. The second-order valence-corrected chi connectivity index (χ2v) is 8.22. The highest BCUT2D eigenvalue weighted by Gasteiger charge is 2.25. The molecule has 0 radical (unpaired) electrons. The number of hydrogen-bond donors (Lipinski definition) is 0. The van der Waals surface area contributed by atoms with Crippen molar-refractivity contribution in [3.63, 3.8) is 0 Å². The SMILES string of the molecule is COc1ccc(-n2cc(C(=O)N3CCN(c4ccc(F)cc4)CC3)c3ccccc3c2=O)cc1. The van der Waals surface area contributed by atoms with Crippen molar-refractivity contribution < 1.29 is 13.9 Å². The number of carbonyl (C=O) groups excluding carboxylic acids is 1. The number of benzene rings is 3. The van der Waals surface area contributed by atoms with E-state index in [9.17, 15) is 14.0 Å². The van der Waals surface area contributed by atoms with Gasteiger partial charge >= 0.3 is 0 Å². The van der Waals surface area contributed by atoms with Crippen molar-refractivity contribution in [2.45, 2.75) is 0 Å². The predicted octanol–water partition coefficient (Wildman–Crippen LogP) is 4.10. The molecule has 0 aliphatic carbocycles. The van der Waals surface area contributed by atoms with Crippen LogP contribution in [0, 0.1) is 5.82 Å². The molecule has 0 atom stereocenters. The number of aromatic nitrogens is 1. The van der Waals surface area contributed by atoms with Gasteiger partial charge in [-0.3, -0.25) is 14.2 Å². The molecular weight excluding hydrogens is 433 g/mol. The van der Waals surface area contributed by atoms with E-state index in [-0.39, 0.29) is 17.3 Å². The van der Waals surface area contributed by atoms with Crippen LogP contribution in [-0.4, -0.2) is 48.7 Å². The van der Waals surface area contributed by atoms with E-state index in [0.29, 0.717) is 54.0 Å². The molecule has 4 aromatic rings. The van der Waals surface area contributed by atoms with Gasteiger partial charge in [-0.1, -0.05) is 18.2 Å². The third kappa shape index (κ3) is 4.01. The smallest absolute Gasteiger partial charge is 0.262 e. The molecule has 0 bridgehead atoms. The predicted molar refractivity (Wildman–Crippen MR) is 131 cm³/mol. The van der Waals surface area contributed by atoms with Crippen molar-refractivity contribution >= 4 is 22.4 Å². The van der Waals surface area contributed by atoms with Crippen LogP contribution in [0.2, 0.25) is 0 Å². The number of carbonyl (C=O) groups is 1. The fraction of sp³-hybridized carbons (Fsp3) is 0.185. The molecule has 1 aromatic heterocycles. The standard InChI is InChI=1S/C27H24FN3O3/c1-34-22-12-10-21(11-13-22)31-18-25(23-4-2-3-5-24(23)27(31)33)26(32)30-16-14-29(15-17-30)20-8-6-19(28)7-9-20/h2-13,18H,14-17H2,1H3. The third-order valence-electron chi connectivity index (χ3n) is 6.26. The molecule has 5 rings (SSSR count). The molecule has 1 aliphatic rings. The van der Waals surface area contributed by atoms with E-state index in [0.717, 1.165) is 5.69 Å². The Morgan fingerprint density at radius 2 is 1.44 bits per heavy atom. The molecule has 6 nitrogen and oxygen atoms in total. The van der Waals surface area contributed by atoms with Crippen LogP contribution in [0.25, 0.3) is 16.5 Å². The zero-order valence-electron chi connectivity index (χ0n) is 18.8. The van der Waals surface area contributed by atoms with Gasteiger partial charge in [-0.05, 0) is 54.6 Å². The summed E-state index contributed by atoms with van der Waals surface area (Å²) in [5.74, 6) is 0.307. The van der Waals surface area contributed by atoms with Gasteiger partial charge in [0.15, 0.2) is 0 Å². The highest BCUT2D eigenvalue weighted by Crippen LogP contribution is 2.23. The molecule has 7 heteroatoms. The highest BCUT2D eigenvalue weighted by molar-refractivity contribution is 6.06. The number of anilines is 1. The largest absolute Gasteiger partial charge is 0.497 e. The summed E-state index contributed by atoms with van der Waals surface area (Å²) < 4.78 is 20.0. The van der Waals surface area contributed by atoms with Crippen LogP contribution in [-0.2, 0) is 0 Å². The lowest BCUT2D eigenvalue weighted by Gasteiger charge is -2.36. The number of pyridine rings is 1. The maximum Gasteiger partial charge on any atom is 0.262 e. The van der Waals surface area contributed by atoms with E-state index in [1.54, 1.807) is 61.8 Å². The lowest BCUT2D eigenvalue weighted by Crippen LogP contribution is -2.49. The summed E-state index contributed by atoms with van der Waals surface area (Å²) >= 11 is 0. The van der Waals surface area contributed by atoms with Crippen LogP contribution in [0.3, 0.4) is 0 Å². The second-order valence-electron chi connectivity index (χ2n) is 8.22. The number of fused-ring (bicyclic) bond motifs is 1. The molecule has 1 saturated heterocycles. The van der Waals surface area contributed by atoms with Crippen LogP contribution in [0.5, 0.6) is 5.75 Å². The van der Waals surface area contributed by atoms with Crippen LogP contribution in [0.4, 0.5) is 10.1 Å². The van der Waals surface area contributed by atoms with Crippen LogP contribution < -0.4 is 15.2 Å². The molecule has 34 heavy (non-hydrogen) atoms. The maximum atomic E-state index is 13.6. The van der Waals surface area contributed by atoms with Crippen LogP contribution in [0.1, 0.15) is 10.4 Å². The van der Waals surface area contributed by atoms with Crippen LogP contribution >= 0.6 is 0 Å². The number of piperazine rings is 1. The van der Waals surface area contributed by atoms with Gasteiger partial charge in [-0.15, -0.1) is 0 Å². The van der Waals surface area contributed by atoms with Gasteiger partial charge in [0.1, 0.15) is 11.6 Å². The molecule has 0 spiro atoms. The van der Waals surface area contributed by atoms with Crippen molar-refractivity contribution in [3.8, 4) is 11.4 Å². The van der Waals surface area contributed by atoms with Crippen molar-refractivity contribution in [1.29, 1.82) is 0 Å². The lowest BCUT2D eigenvalue weighted by atomic mass is 10.1. The van der Waals surface area contributed by atoms with E-state index < -0.39 is 0 Å². The van der Waals surface area contributed by atoms with E-state index in [1.165, 1.54) is 16.7 Å². The highest BCUT2D eigenvalue weighted by atomic mass is 19.1. The zero-order valence-corrected chi connectivity index (χ0v) is 18.8. The minimum atomic E-state index is -0.267. The molecule has 1 aliphatic heterocycles. The van der Waals surface area contributed by atoms with Gasteiger partial charge in [-0.2, -0.15) is 0 Å². The summed E-state index contributed by atoms with van der Waals surface area (Å²) in [4.78, 5) is 30.8. The topological polar surface area (TPSA) is 54.8 Å². The summed E-state index contributed by atoms with van der Waals surface area (Å²) in [5, 5.41) is 1.14. The Hall–Kier alpha value is -4.13. The fourth-order valence-corrected chi connectivity index (χ4v) is 4.39. The molecular formula is C27H24FN3O3. The van der Waals surface area contributed by atoms with Gasteiger partial charge < -0.3 is 14.5 Å². The fourth-order valence-electron chi connectivity index (χ4n) is 4.39. The molecule has 3 aromatic carbocycles. The average Bonchev–Trinajstić information content (AvgIpc) is 2.89. The Morgan fingerprint density at radius 1 is 0.824 bits per heavy atom. The molecule has 0 N–H and O–H groups in total. The minimum absolute atomic E-state index is 0.114. The van der Waals surface area contributed by atoms with Crippen molar-refractivity contribution in [2.75, 3.05) is 38.2 Å². The number of methoxy groups -OCH3 is 1. The van der Waals surface area contributed by atoms with Crippen molar-refractivity contribution in [1.82, 2.24) is 9.47 Å².